The van der Waals surface area contributed by atoms with E-state index in [1.165, 1.54) is 18.4 Å². The van der Waals surface area contributed by atoms with Crippen LogP contribution in [0.3, 0.4) is 0 Å². The Morgan fingerprint density at radius 3 is 2.59 bits per heavy atom. The van der Waals surface area contributed by atoms with Gasteiger partial charge >= 0.3 is 0 Å². The third kappa shape index (κ3) is 1.91. The lowest BCUT2D eigenvalue weighted by atomic mass is 9.82. The van der Waals surface area contributed by atoms with Crippen LogP contribution in [0.25, 0.3) is 0 Å². The van der Waals surface area contributed by atoms with Gasteiger partial charge in [0.25, 0.3) is 0 Å². The third-order valence-electron chi connectivity index (χ3n) is 4.39. The van der Waals surface area contributed by atoms with Gasteiger partial charge in [-0.3, -0.25) is 4.79 Å². The Morgan fingerprint density at radius 1 is 1.18 bits per heavy atom. The van der Waals surface area contributed by atoms with E-state index in [9.17, 15) is 4.79 Å². The van der Waals surface area contributed by atoms with Crippen molar-refractivity contribution >= 4 is 5.78 Å². The maximum absolute atomic E-state index is 12.4. The van der Waals surface area contributed by atoms with Gasteiger partial charge in [-0.05, 0) is 50.9 Å². The Kier molecular flexibility index (Phi) is 2.75. The van der Waals surface area contributed by atoms with Crippen molar-refractivity contribution in [3.63, 3.8) is 0 Å². The fraction of sp³-hybridized carbons (Fsp3) is 0.533. The lowest BCUT2D eigenvalue weighted by molar-refractivity contribution is 0.0840. The van der Waals surface area contributed by atoms with Crippen molar-refractivity contribution in [2.45, 2.75) is 19.3 Å². The average Bonchev–Trinajstić information content (AvgIpc) is 2.69. The summed E-state index contributed by atoms with van der Waals surface area (Å²) in [5.41, 5.74) is 2.25. The first kappa shape index (κ1) is 11.0. The summed E-state index contributed by atoms with van der Waals surface area (Å²) in [4.78, 5) is 14.7. The summed E-state index contributed by atoms with van der Waals surface area (Å²) in [5, 5.41) is 0. The van der Waals surface area contributed by atoms with Crippen LogP contribution in [-0.4, -0.2) is 30.8 Å². The van der Waals surface area contributed by atoms with Crippen molar-refractivity contribution in [3.8, 4) is 0 Å². The van der Waals surface area contributed by atoms with Crippen LogP contribution < -0.4 is 0 Å². The Hall–Kier alpha value is -1.15. The summed E-state index contributed by atoms with van der Waals surface area (Å²) in [6.45, 7) is 2.29. The molecule has 2 nitrogen and oxygen atoms in total. The second-order valence-electron chi connectivity index (χ2n) is 5.47. The lowest BCUT2D eigenvalue weighted by Crippen LogP contribution is -2.35. The van der Waals surface area contributed by atoms with E-state index in [0.717, 1.165) is 25.1 Å². The number of benzene rings is 1. The van der Waals surface area contributed by atoms with Gasteiger partial charge in [0.1, 0.15) is 0 Å². The van der Waals surface area contributed by atoms with E-state index in [1.54, 1.807) is 0 Å². The van der Waals surface area contributed by atoms with Crippen molar-refractivity contribution in [1.82, 2.24) is 4.90 Å². The smallest absolute Gasteiger partial charge is 0.166 e. The zero-order valence-electron chi connectivity index (χ0n) is 10.4. The molecule has 1 fully saturated rings. The number of rotatable bonds is 1. The molecule has 0 N–H and O–H groups in total. The van der Waals surface area contributed by atoms with Crippen LogP contribution in [-0.2, 0) is 6.42 Å². The number of nitrogens with zero attached hydrogens (tertiary/aromatic N) is 1. The van der Waals surface area contributed by atoms with Crippen molar-refractivity contribution in [2.75, 3.05) is 20.1 Å². The highest BCUT2D eigenvalue weighted by molar-refractivity contribution is 6.02. The lowest BCUT2D eigenvalue weighted by Gasteiger charge is -2.31. The molecule has 2 heteroatoms. The quantitative estimate of drug-likeness (QED) is 0.737. The molecular formula is C15H19NO. The molecule has 0 spiro atoms. The predicted molar refractivity (Wildman–Crippen MR) is 68.2 cm³/mol. The fourth-order valence-corrected chi connectivity index (χ4v) is 3.28. The van der Waals surface area contributed by atoms with Gasteiger partial charge in [-0.2, -0.15) is 0 Å². The van der Waals surface area contributed by atoms with Crippen LogP contribution in [0, 0.1) is 11.8 Å². The van der Waals surface area contributed by atoms with Crippen molar-refractivity contribution in [1.29, 1.82) is 0 Å². The summed E-state index contributed by atoms with van der Waals surface area (Å²) in [7, 11) is 2.17. The molecule has 3 rings (SSSR count). The summed E-state index contributed by atoms with van der Waals surface area (Å²) in [5.74, 6) is 1.27. The highest BCUT2D eigenvalue weighted by atomic mass is 16.1. The van der Waals surface area contributed by atoms with E-state index in [2.05, 4.69) is 18.0 Å². The molecule has 1 aliphatic carbocycles. The topological polar surface area (TPSA) is 20.3 Å². The number of carbonyl (C=O) groups excluding carboxylic acids is 1. The van der Waals surface area contributed by atoms with Crippen molar-refractivity contribution in [2.24, 2.45) is 11.8 Å². The number of ketones is 1. The van der Waals surface area contributed by atoms with Gasteiger partial charge in [0.2, 0.25) is 0 Å². The zero-order valence-corrected chi connectivity index (χ0v) is 10.4. The van der Waals surface area contributed by atoms with E-state index in [4.69, 9.17) is 0 Å². The molecule has 2 aliphatic rings. The second-order valence-corrected chi connectivity index (χ2v) is 5.47. The van der Waals surface area contributed by atoms with Crippen LogP contribution >= 0.6 is 0 Å². The van der Waals surface area contributed by atoms with Crippen molar-refractivity contribution < 1.29 is 4.79 Å². The van der Waals surface area contributed by atoms with E-state index in [0.29, 0.717) is 11.7 Å². The van der Waals surface area contributed by atoms with Crippen LogP contribution in [0.15, 0.2) is 24.3 Å². The summed E-state index contributed by atoms with van der Waals surface area (Å²) < 4.78 is 0. The number of carbonyl (C=O) groups is 1. The minimum absolute atomic E-state index is 0.265. The molecule has 0 radical (unpaired) electrons. The molecule has 90 valence electrons. The molecule has 0 unspecified atom stereocenters. The molecule has 1 heterocycles. The number of likely N-dealkylation sites (tertiary alicyclic amines) is 1. The van der Waals surface area contributed by atoms with Crippen molar-refractivity contribution in [3.05, 3.63) is 35.4 Å². The highest BCUT2D eigenvalue weighted by Gasteiger charge is 2.36. The summed E-state index contributed by atoms with van der Waals surface area (Å²) in [6, 6.07) is 8.13. The van der Waals surface area contributed by atoms with Crippen LogP contribution in [0.4, 0.5) is 0 Å². The molecule has 17 heavy (non-hydrogen) atoms. The van der Waals surface area contributed by atoms with Gasteiger partial charge in [-0.1, -0.05) is 24.3 Å². The van der Waals surface area contributed by atoms with Gasteiger partial charge in [0.05, 0.1) is 0 Å². The van der Waals surface area contributed by atoms with Gasteiger partial charge in [0, 0.05) is 11.5 Å². The maximum atomic E-state index is 12.4. The first-order chi connectivity index (χ1) is 8.25. The zero-order chi connectivity index (χ0) is 11.8. The number of hydrogen-bond acceptors (Lipinski definition) is 2. The molecule has 1 atom stereocenters. The van der Waals surface area contributed by atoms with Gasteiger partial charge in [-0.25, -0.2) is 0 Å². The van der Waals surface area contributed by atoms with E-state index < -0.39 is 0 Å². The standard InChI is InChI=1S/C15H19NO/c1-16-8-6-11(7-9-16)14-10-12-4-2-3-5-13(12)15(14)17/h2-5,11,14H,6-10H2,1H3/t14-/m0/s1. The number of fused-ring (bicyclic) bond motifs is 1. The normalized spacial score (nSPS) is 26.2. The van der Waals surface area contributed by atoms with E-state index in [1.807, 2.05) is 18.2 Å². The molecule has 1 aliphatic heterocycles. The molecule has 0 aromatic heterocycles. The van der Waals surface area contributed by atoms with Gasteiger partial charge in [-0.15, -0.1) is 0 Å². The molecule has 1 aromatic rings. The van der Waals surface area contributed by atoms with E-state index >= 15 is 0 Å². The minimum Gasteiger partial charge on any atom is -0.306 e. The summed E-state index contributed by atoms with van der Waals surface area (Å²) in [6.07, 6.45) is 3.34. The largest absolute Gasteiger partial charge is 0.306 e. The first-order valence-corrected chi connectivity index (χ1v) is 6.56. The van der Waals surface area contributed by atoms with Gasteiger partial charge < -0.3 is 4.90 Å². The van der Waals surface area contributed by atoms with Crippen LogP contribution in [0.5, 0.6) is 0 Å². The fourth-order valence-electron chi connectivity index (χ4n) is 3.28. The predicted octanol–water partition coefficient (Wildman–Crippen LogP) is 2.38. The molecular weight excluding hydrogens is 210 g/mol. The Morgan fingerprint density at radius 2 is 1.88 bits per heavy atom. The molecule has 0 bridgehead atoms. The third-order valence-corrected chi connectivity index (χ3v) is 4.39. The second kappa shape index (κ2) is 4.26. The SMILES string of the molecule is CN1CCC([C@@H]2Cc3ccccc3C2=O)CC1. The number of Topliss-reactive ketones (excluding diaryl/α,β-unsaturated/α-hetero) is 1. The van der Waals surface area contributed by atoms with E-state index in [-0.39, 0.29) is 5.92 Å². The number of piperidine rings is 1. The van der Waals surface area contributed by atoms with Crippen LogP contribution in [0.2, 0.25) is 0 Å². The first-order valence-electron chi connectivity index (χ1n) is 6.56. The molecule has 1 saturated heterocycles. The highest BCUT2D eigenvalue weighted by Crippen LogP contribution is 2.35. The number of hydrogen-bond donors (Lipinski definition) is 0. The molecule has 1 aromatic carbocycles. The minimum atomic E-state index is 0.265. The average molecular weight is 229 g/mol. The van der Waals surface area contributed by atoms with Crippen LogP contribution in [0.1, 0.15) is 28.8 Å². The molecule has 0 saturated carbocycles. The Balaban J connectivity index is 1.78. The van der Waals surface area contributed by atoms with Gasteiger partial charge in [0.15, 0.2) is 5.78 Å². The summed E-state index contributed by atoms with van der Waals surface area (Å²) >= 11 is 0. The maximum Gasteiger partial charge on any atom is 0.166 e. The Bertz CT molecular complexity index is 432. The Labute approximate surface area is 103 Å². The monoisotopic (exact) mass is 229 g/mol. The molecule has 0 amide bonds.